The number of nitrogens with zero attached hydrogens (tertiary/aromatic N) is 1. The zero-order chi connectivity index (χ0) is 13.4. The van der Waals surface area contributed by atoms with E-state index in [4.69, 9.17) is 15.0 Å². The van der Waals surface area contributed by atoms with Crippen molar-refractivity contribution in [3.8, 4) is 17.0 Å². The molecule has 0 bridgehead atoms. The van der Waals surface area contributed by atoms with Gasteiger partial charge in [0.1, 0.15) is 11.5 Å². The van der Waals surface area contributed by atoms with Crippen LogP contribution in [0.2, 0.25) is 0 Å². The molecule has 0 saturated heterocycles. The van der Waals surface area contributed by atoms with Crippen LogP contribution in [0.5, 0.6) is 5.75 Å². The number of benzene rings is 1. The predicted molar refractivity (Wildman–Crippen MR) is 64.5 cm³/mol. The minimum absolute atomic E-state index is 0.0124. The zero-order valence-electron chi connectivity index (χ0n) is 10.0. The highest BCUT2D eigenvalue weighted by Crippen LogP contribution is 2.36. The first-order chi connectivity index (χ1) is 9.13. The van der Waals surface area contributed by atoms with Crippen molar-refractivity contribution < 1.29 is 18.0 Å². The van der Waals surface area contributed by atoms with Crippen molar-refractivity contribution in [1.82, 2.24) is 5.16 Å². The van der Waals surface area contributed by atoms with E-state index in [0.717, 1.165) is 25.0 Å². The highest BCUT2D eigenvalue weighted by Gasteiger charge is 2.24. The molecular formula is C13H12F2N2O2. The summed E-state index contributed by atoms with van der Waals surface area (Å²) in [6.45, 7) is 0.420. The Morgan fingerprint density at radius 1 is 1.32 bits per heavy atom. The van der Waals surface area contributed by atoms with Crippen molar-refractivity contribution in [3.63, 3.8) is 0 Å². The molecule has 1 heterocycles. The Bertz CT molecular complexity index is 609. The van der Waals surface area contributed by atoms with Gasteiger partial charge in [-0.15, -0.1) is 0 Å². The lowest BCUT2D eigenvalue weighted by Crippen LogP contribution is -2.03. The summed E-state index contributed by atoms with van der Waals surface area (Å²) in [5, 5.41) is 3.66. The largest absolute Gasteiger partial charge is 0.490 e. The van der Waals surface area contributed by atoms with Gasteiger partial charge in [0.15, 0.2) is 11.6 Å². The molecule has 1 aromatic carbocycles. The van der Waals surface area contributed by atoms with Crippen LogP contribution in [0, 0.1) is 17.6 Å². The molecule has 1 saturated carbocycles. The number of hydrogen-bond donors (Lipinski definition) is 1. The van der Waals surface area contributed by atoms with Crippen LogP contribution in [0.25, 0.3) is 11.3 Å². The van der Waals surface area contributed by atoms with Gasteiger partial charge in [-0.2, -0.15) is 0 Å². The molecule has 6 heteroatoms. The number of nitrogens with two attached hydrogens (primary N) is 1. The van der Waals surface area contributed by atoms with Crippen molar-refractivity contribution in [2.75, 3.05) is 12.3 Å². The number of aromatic nitrogens is 1. The van der Waals surface area contributed by atoms with Crippen LogP contribution >= 0.6 is 0 Å². The van der Waals surface area contributed by atoms with E-state index in [1.807, 2.05) is 0 Å². The van der Waals surface area contributed by atoms with Gasteiger partial charge in [-0.1, -0.05) is 5.16 Å². The number of ether oxygens (including phenoxy) is 1. The quantitative estimate of drug-likeness (QED) is 0.924. The molecule has 1 aliphatic carbocycles. The topological polar surface area (TPSA) is 61.3 Å². The Kier molecular flexibility index (Phi) is 2.85. The molecule has 0 atom stereocenters. The van der Waals surface area contributed by atoms with Gasteiger partial charge in [-0.25, -0.2) is 8.78 Å². The van der Waals surface area contributed by atoms with E-state index in [1.165, 1.54) is 6.07 Å². The van der Waals surface area contributed by atoms with E-state index < -0.39 is 11.6 Å². The molecule has 0 spiro atoms. The number of nitrogen functional groups attached to an aromatic ring is 1. The highest BCUT2D eigenvalue weighted by atomic mass is 19.1. The van der Waals surface area contributed by atoms with Gasteiger partial charge < -0.3 is 15.0 Å². The van der Waals surface area contributed by atoms with Gasteiger partial charge in [0.05, 0.1) is 12.2 Å². The Labute approximate surface area is 108 Å². The molecule has 4 nitrogen and oxygen atoms in total. The van der Waals surface area contributed by atoms with E-state index >= 15 is 0 Å². The van der Waals surface area contributed by atoms with Crippen molar-refractivity contribution >= 4 is 5.88 Å². The molecule has 100 valence electrons. The first kappa shape index (κ1) is 12.0. The normalized spacial score (nSPS) is 14.6. The molecule has 1 aliphatic rings. The summed E-state index contributed by atoms with van der Waals surface area (Å²) in [4.78, 5) is 0. The summed E-state index contributed by atoms with van der Waals surface area (Å²) in [5.74, 6) is -0.931. The number of anilines is 1. The van der Waals surface area contributed by atoms with Crippen molar-refractivity contribution in [2.24, 2.45) is 5.92 Å². The summed E-state index contributed by atoms with van der Waals surface area (Å²) in [6, 6.07) is 3.34. The SMILES string of the molecule is Nc1cc(-c2cc(F)cc(F)c2OCC2CC2)no1. The smallest absolute Gasteiger partial charge is 0.222 e. The number of rotatable bonds is 4. The Hall–Kier alpha value is -2.11. The summed E-state index contributed by atoms with van der Waals surface area (Å²) in [5.41, 5.74) is 5.88. The maximum Gasteiger partial charge on any atom is 0.222 e. The summed E-state index contributed by atoms with van der Waals surface area (Å²) >= 11 is 0. The van der Waals surface area contributed by atoms with E-state index in [9.17, 15) is 8.78 Å². The van der Waals surface area contributed by atoms with Gasteiger partial charge in [-0.05, 0) is 24.8 Å². The highest BCUT2D eigenvalue weighted by molar-refractivity contribution is 5.68. The molecule has 0 amide bonds. The molecule has 0 radical (unpaired) electrons. The standard InChI is InChI=1S/C13H12F2N2O2/c14-8-3-9(11-5-12(16)19-17-11)13(10(15)4-8)18-6-7-1-2-7/h3-5,7H,1-2,6,16H2. The first-order valence-corrected chi connectivity index (χ1v) is 5.98. The molecule has 1 aromatic heterocycles. The fourth-order valence-electron chi connectivity index (χ4n) is 1.80. The van der Waals surface area contributed by atoms with E-state index in [0.29, 0.717) is 12.5 Å². The van der Waals surface area contributed by atoms with Crippen LogP contribution < -0.4 is 10.5 Å². The van der Waals surface area contributed by atoms with Crippen molar-refractivity contribution in [2.45, 2.75) is 12.8 Å². The summed E-state index contributed by atoms with van der Waals surface area (Å²) < 4.78 is 37.3. The lowest BCUT2D eigenvalue weighted by molar-refractivity contribution is 0.285. The van der Waals surface area contributed by atoms with Gasteiger partial charge in [0.25, 0.3) is 0 Å². The lowest BCUT2D eigenvalue weighted by Gasteiger charge is -2.10. The molecular weight excluding hydrogens is 254 g/mol. The van der Waals surface area contributed by atoms with Crippen molar-refractivity contribution in [3.05, 3.63) is 29.8 Å². The van der Waals surface area contributed by atoms with Crippen LogP contribution in [0.4, 0.5) is 14.7 Å². The molecule has 0 aliphatic heterocycles. The third-order valence-corrected chi connectivity index (χ3v) is 2.97. The number of hydrogen-bond acceptors (Lipinski definition) is 4. The van der Waals surface area contributed by atoms with Gasteiger partial charge in [0.2, 0.25) is 5.88 Å². The second-order valence-electron chi connectivity index (χ2n) is 4.63. The third-order valence-electron chi connectivity index (χ3n) is 2.97. The summed E-state index contributed by atoms with van der Waals surface area (Å²) in [7, 11) is 0. The molecule has 0 unspecified atom stereocenters. The average Bonchev–Trinajstić information content (AvgIpc) is 3.08. The van der Waals surface area contributed by atoms with E-state index in [-0.39, 0.29) is 22.9 Å². The van der Waals surface area contributed by atoms with Crippen LogP contribution in [0.3, 0.4) is 0 Å². The van der Waals surface area contributed by atoms with Gasteiger partial charge in [-0.3, -0.25) is 0 Å². The Morgan fingerprint density at radius 3 is 2.74 bits per heavy atom. The van der Waals surface area contributed by atoms with Crippen LogP contribution in [0.1, 0.15) is 12.8 Å². The Morgan fingerprint density at radius 2 is 2.11 bits per heavy atom. The lowest BCUT2D eigenvalue weighted by atomic mass is 10.1. The molecule has 2 aromatic rings. The summed E-state index contributed by atoms with van der Waals surface area (Å²) in [6.07, 6.45) is 2.16. The van der Waals surface area contributed by atoms with Crippen LogP contribution in [-0.2, 0) is 0 Å². The Balaban J connectivity index is 1.99. The molecule has 3 rings (SSSR count). The van der Waals surface area contributed by atoms with Crippen LogP contribution in [0.15, 0.2) is 22.7 Å². The predicted octanol–water partition coefficient (Wildman–Crippen LogP) is 2.99. The minimum atomic E-state index is -0.753. The van der Waals surface area contributed by atoms with Gasteiger partial charge >= 0.3 is 0 Å². The molecule has 19 heavy (non-hydrogen) atoms. The fraction of sp³-hybridized carbons (Fsp3) is 0.308. The fourth-order valence-corrected chi connectivity index (χ4v) is 1.80. The average molecular weight is 266 g/mol. The van der Waals surface area contributed by atoms with E-state index in [1.54, 1.807) is 0 Å². The third kappa shape index (κ3) is 2.52. The maximum atomic E-state index is 13.8. The zero-order valence-corrected chi connectivity index (χ0v) is 10.0. The van der Waals surface area contributed by atoms with Crippen LogP contribution in [-0.4, -0.2) is 11.8 Å². The van der Waals surface area contributed by atoms with E-state index in [2.05, 4.69) is 5.16 Å². The monoisotopic (exact) mass is 266 g/mol. The maximum absolute atomic E-state index is 13.8. The minimum Gasteiger partial charge on any atom is -0.490 e. The van der Waals surface area contributed by atoms with Crippen molar-refractivity contribution in [1.29, 1.82) is 0 Å². The van der Waals surface area contributed by atoms with Gasteiger partial charge in [0, 0.05) is 12.1 Å². The second-order valence-corrected chi connectivity index (χ2v) is 4.63. The first-order valence-electron chi connectivity index (χ1n) is 5.98. The molecule has 2 N–H and O–H groups in total. The molecule has 1 fully saturated rings. The number of halogens is 2. The second kappa shape index (κ2) is 4.53.